The van der Waals surface area contributed by atoms with Crippen LogP contribution in [-0.2, 0) is 4.79 Å². The molecule has 1 aliphatic carbocycles. The molecule has 1 aromatic rings. The van der Waals surface area contributed by atoms with E-state index in [0.717, 1.165) is 4.88 Å². The molecule has 0 bridgehead atoms. The van der Waals surface area contributed by atoms with Crippen LogP contribution < -0.4 is 5.32 Å². The normalized spacial score (nSPS) is 27.0. The quantitative estimate of drug-likeness (QED) is 0.832. The van der Waals surface area contributed by atoms with Crippen LogP contribution in [0.2, 0.25) is 0 Å². The van der Waals surface area contributed by atoms with Crippen LogP contribution in [0.5, 0.6) is 0 Å². The van der Waals surface area contributed by atoms with E-state index >= 15 is 0 Å². The van der Waals surface area contributed by atoms with Gasteiger partial charge in [0.1, 0.15) is 4.33 Å². The van der Waals surface area contributed by atoms with E-state index in [0.29, 0.717) is 12.3 Å². The van der Waals surface area contributed by atoms with Crippen molar-refractivity contribution in [2.75, 3.05) is 0 Å². The Morgan fingerprint density at radius 2 is 2.11 bits per heavy atom. The molecule has 100 valence electrons. The number of alkyl halides is 2. The zero-order valence-corrected chi connectivity index (χ0v) is 13.0. The van der Waals surface area contributed by atoms with Crippen LogP contribution in [0, 0.1) is 11.3 Å². The third-order valence-electron chi connectivity index (χ3n) is 3.56. The van der Waals surface area contributed by atoms with Gasteiger partial charge in [0.05, 0.1) is 11.5 Å². The number of carbonyl (C=O) groups excluding carboxylic acids is 1. The summed E-state index contributed by atoms with van der Waals surface area (Å²) < 4.78 is -0.909. The van der Waals surface area contributed by atoms with Gasteiger partial charge in [-0.1, -0.05) is 19.9 Å². The van der Waals surface area contributed by atoms with Crippen LogP contribution in [0.4, 0.5) is 0 Å². The summed E-state index contributed by atoms with van der Waals surface area (Å²) in [6.07, 6.45) is 0.518. The minimum absolute atomic E-state index is 0.0269. The molecule has 1 fully saturated rings. The first kappa shape index (κ1) is 14.2. The maximum Gasteiger partial charge on any atom is 0.229 e. The SMILES string of the molecule is CC(C)[C@@H](NC(=O)[C@]1(C)CC1(Cl)Cl)c1cccs1. The molecular weight excluding hydrogens is 289 g/mol. The minimum Gasteiger partial charge on any atom is -0.348 e. The molecule has 18 heavy (non-hydrogen) atoms. The summed E-state index contributed by atoms with van der Waals surface area (Å²) in [7, 11) is 0. The molecule has 0 aromatic carbocycles. The average Bonchev–Trinajstić information content (AvgIpc) is 2.71. The number of carbonyl (C=O) groups is 1. The maximum absolute atomic E-state index is 12.3. The molecule has 0 spiro atoms. The van der Waals surface area contributed by atoms with Gasteiger partial charge in [-0.25, -0.2) is 0 Å². The summed E-state index contributed by atoms with van der Waals surface area (Å²) in [6.45, 7) is 6.00. The summed E-state index contributed by atoms with van der Waals surface area (Å²) in [6, 6.07) is 4.06. The van der Waals surface area contributed by atoms with E-state index in [1.165, 1.54) is 0 Å². The zero-order chi connectivity index (χ0) is 13.6. The van der Waals surface area contributed by atoms with Crippen LogP contribution in [0.15, 0.2) is 17.5 Å². The Hall–Kier alpha value is -0.250. The van der Waals surface area contributed by atoms with Crippen molar-refractivity contribution in [1.82, 2.24) is 5.32 Å². The monoisotopic (exact) mass is 305 g/mol. The van der Waals surface area contributed by atoms with Crippen molar-refractivity contribution in [3.63, 3.8) is 0 Å². The first-order chi connectivity index (χ1) is 8.28. The second-order valence-corrected chi connectivity index (χ2v) is 7.89. The van der Waals surface area contributed by atoms with Crippen molar-refractivity contribution in [1.29, 1.82) is 0 Å². The van der Waals surface area contributed by atoms with E-state index in [1.807, 2.05) is 24.4 Å². The number of thiophene rings is 1. The molecule has 2 nitrogen and oxygen atoms in total. The van der Waals surface area contributed by atoms with Gasteiger partial charge in [0, 0.05) is 4.88 Å². The molecule has 1 heterocycles. The first-order valence-corrected chi connectivity index (χ1v) is 7.64. The molecule has 1 aliphatic rings. The lowest BCUT2D eigenvalue weighted by molar-refractivity contribution is -0.126. The molecule has 1 aromatic heterocycles. The molecule has 0 saturated heterocycles. The van der Waals surface area contributed by atoms with Gasteiger partial charge in [0.2, 0.25) is 5.91 Å². The minimum atomic E-state index is -0.909. The predicted molar refractivity (Wildman–Crippen MR) is 77.2 cm³/mol. The van der Waals surface area contributed by atoms with Gasteiger partial charge in [-0.05, 0) is 30.7 Å². The summed E-state index contributed by atoms with van der Waals surface area (Å²) in [4.78, 5) is 13.4. The second-order valence-electron chi connectivity index (χ2n) is 5.42. The van der Waals surface area contributed by atoms with E-state index in [9.17, 15) is 4.79 Å². The van der Waals surface area contributed by atoms with E-state index in [4.69, 9.17) is 23.2 Å². The molecule has 0 radical (unpaired) electrons. The third-order valence-corrected chi connectivity index (χ3v) is 5.62. The van der Waals surface area contributed by atoms with E-state index in [2.05, 4.69) is 19.2 Å². The lowest BCUT2D eigenvalue weighted by Crippen LogP contribution is -2.37. The lowest BCUT2D eigenvalue weighted by Gasteiger charge is -2.23. The highest BCUT2D eigenvalue weighted by Crippen LogP contribution is 2.64. The van der Waals surface area contributed by atoms with Crippen LogP contribution in [0.25, 0.3) is 0 Å². The molecule has 2 rings (SSSR count). The molecule has 1 N–H and O–H groups in total. The molecule has 2 atom stereocenters. The zero-order valence-electron chi connectivity index (χ0n) is 10.7. The molecule has 0 aliphatic heterocycles. The Morgan fingerprint density at radius 3 is 2.50 bits per heavy atom. The number of amides is 1. The van der Waals surface area contributed by atoms with Crippen molar-refractivity contribution in [2.24, 2.45) is 11.3 Å². The highest BCUT2D eigenvalue weighted by Gasteiger charge is 2.68. The number of hydrogen-bond acceptors (Lipinski definition) is 2. The fourth-order valence-corrected chi connectivity index (χ4v) is 3.64. The van der Waals surface area contributed by atoms with Gasteiger partial charge in [-0.15, -0.1) is 34.5 Å². The largest absolute Gasteiger partial charge is 0.348 e. The topological polar surface area (TPSA) is 29.1 Å². The molecule has 1 amide bonds. The van der Waals surface area contributed by atoms with Gasteiger partial charge in [-0.2, -0.15) is 0 Å². The van der Waals surface area contributed by atoms with Crippen LogP contribution in [0.1, 0.15) is 38.1 Å². The second kappa shape index (κ2) is 4.69. The van der Waals surface area contributed by atoms with Gasteiger partial charge in [0.25, 0.3) is 0 Å². The Labute approximate surface area is 122 Å². The van der Waals surface area contributed by atoms with Crippen molar-refractivity contribution in [3.05, 3.63) is 22.4 Å². The van der Waals surface area contributed by atoms with Crippen molar-refractivity contribution in [2.45, 2.75) is 37.6 Å². The fraction of sp³-hybridized carbons (Fsp3) is 0.615. The highest BCUT2D eigenvalue weighted by molar-refractivity contribution is 7.10. The van der Waals surface area contributed by atoms with Crippen molar-refractivity contribution < 1.29 is 4.79 Å². The van der Waals surface area contributed by atoms with E-state index < -0.39 is 9.75 Å². The Balaban J connectivity index is 2.10. The third kappa shape index (κ3) is 2.40. The van der Waals surface area contributed by atoms with Gasteiger partial charge >= 0.3 is 0 Å². The standard InChI is InChI=1S/C13H17Cl2NOS/c1-8(2)10(9-5-4-6-18-9)16-11(17)12(3)7-13(12,14)15/h4-6,8,10H,7H2,1-3H3,(H,16,17)/t10-,12+/m1/s1. The van der Waals surface area contributed by atoms with Crippen LogP contribution >= 0.6 is 34.5 Å². The fourth-order valence-electron chi connectivity index (χ4n) is 1.98. The summed E-state index contributed by atoms with van der Waals surface area (Å²) >= 11 is 13.7. The average molecular weight is 306 g/mol. The van der Waals surface area contributed by atoms with E-state index in [1.54, 1.807) is 11.3 Å². The molecule has 0 unspecified atom stereocenters. The van der Waals surface area contributed by atoms with Gasteiger partial charge in [0.15, 0.2) is 0 Å². The summed E-state index contributed by atoms with van der Waals surface area (Å²) in [5.41, 5.74) is -0.652. The smallest absolute Gasteiger partial charge is 0.229 e. The Morgan fingerprint density at radius 1 is 1.50 bits per heavy atom. The number of rotatable bonds is 4. The lowest BCUT2D eigenvalue weighted by atomic mass is 10.0. The Bertz CT molecular complexity index is 444. The predicted octanol–water partition coefficient (Wildman–Crippen LogP) is 4.15. The summed E-state index contributed by atoms with van der Waals surface area (Å²) in [5.74, 6) is 0.273. The van der Waals surface area contributed by atoms with Gasteiger partial charge < -0.3 is 5.32 Å². The number of hydrogen-bond donors (Lipinski definition) is 1. The van der Waals surface area contributed by atoms with Crippen molar-refractivity contribution >= 4 is 40.4 Å². The van der Waals surface area contributed by atoms with Gasteiger partial charge in [-0.3, -0.25) is 4.79 Å². The Kier molecular flexibility index (Phi) is 3.69. The maximum atomic E-state index is 12.3. The summed E-state index contributed by atoms with van der Waals surface area (Å²) in [5, 5.41) is 5.10. The van der Waals surface area contributed by atoms with Crippen molar-refractivity contribution in [3.8, 4) is 0 Å². The van der Waals surface area contributed by atoms with E-state index in [-0.39, 0.29) is 11.9 Å². The first-order valence-electron chi connectivity index (χ1n) is 6.00. The van der Waals surface area contributed by atoms with Crippen LogP contribution in [-0.4, -0.2) is 10.2 Å². The molecular formula is C13H17Cl2NOS. The highest BCUT2D eigenvalue weighted by atomic mass is 35.5. The number of halogens is 2. The number of nitrogens with one attached hydrogen (secondary N) is 1. The molecule has 5 heteroatoms. The molecule has 1 saturated carbocycles. The van der Waals surface area contributed by atoms with Crippen LogP contribution in [0.3, 0.4) is 0 Å².